The van der Waals surface area contributed by atoms with Gasteiger partial charge in [-0.05, 0) is 23.7 Å². The summed E-state index contributed by atoms with van der Waals surface area (Å²) in [4.78, 5) is 11.5. The molecule has 1 aromatic heterocycles. The number of H-pyrrole nitrogens is 1. The average molecular weight is 210 g/mol. The molecule has 0 fully saturated rings. The molecule has 4 heteroatoms. The Morgan fingerprint density at radius 3 is 2.93 bits per heavy atom. The van der Waals surface area contributed by atoms with Gasteiger partial charge in [0, 0.05) is 11.3 Å². The van der Waals surface area contributed by atoms with Gasteiger partial charge in [0.25, 0.3) is 5.56 Å². The topological polar surface area (TPSA) is 45.8 Å². The first-order valence-electron chi connectivity index (χ1n) is 4.88. The predicted molar refractivity (Wildman–Crippen MR) is 58.8 cm³/mol. The summed E-state index contributed by atoms with van der Waals surface area (Å²) in [5, 5.41) is 6.73. The monoisotopic (exact) mass is 210 g/mol. The molecule has 0 atom stereocenters. The van der Waals surface area contributed by atoms with Crippen molar-refractivity contribution in [3.05, 3.63) is 27.2 Å². The van der Waals surface area contributed by atoms with Gasteiger partial charge in [-0.1, -0.05) is 13.8 Å². The lowest BCUT2D eigenvalue weighted by Crippen LogP contribution is -2.23. The Labute approximate surface area is 87.3 Å². The van der Waals surface area contributed by atoms with Crippen LogP contribution in [0.3, 0.4) is 0 Å². The van der Waals surface area contributed by atoms with E-state index in [2.05, 4.69) is 24.0 Å². The molecule has 76 valence electrons. The number of aromatic amines is 1. The normalized spacial score (nSPS) is 15.6. The summed E-state index contributed by atoms with van der Waals surface area (Å²) in [5.41, 5.74) is 3.21. The Balaban J connectivity index is 2.59. The second-order valence-electron chi connectivity index (χ2n) is 3.85. The van der Waals surface area contributed by atoms with E-state index in [0.29, 0.717) is 5.92 Å². The number of rotatable bonds is 1. The smallest absolute Gasteiger partial charge is 0.267 e. The van der Waals surface area contributed by atoms with Gasteiger partial charge >= 0.3 is 0 Å². The van der Waals surface area contributed by atoms with Crippen LogP contribution in [0.25, 0.3) is 0 Å². The van der Waals surface area contributed by atoms with E-state index in [4.69, 9.17) is 0 Å². The Hall–Kier alpha value is -0.770. The zero-order valence-electron chi connectivity index (χ0n) is 8.46. The molecular weight excluding hydrogens is 196 g/mol. The molecule has 1 aliphatic heterocycles. The van der Waals surface area contributed by atoms with Gasteiger partial charge in [-0.25, -0.2) is 5.10 Å². The van der Waals surface area contributed by atoms with Crippen LogP contribution in [0.15, 0.2) is 4.79 Å². The van der Waals surface area contributed by atoms with Crippen LogP contribution in [0.2, 0.25) is 0 Å². The molecule has 0 unspecified atom stereocenters. The number of hydrogen-bond donors (Lipinski definition) is 1. The van der Waals surface area contributed by atoms with E-state index in [1.54, 1.807) is 0 Å². The first-order valence-corrected chi connectivity index (χ1v) is 6.03. The third kappa shape index (κ3) is 1.59. The highest BCUT2D eigenvalue weighted by Gasteiger charge is 2.19. The lowest BCUT2D eigenvalue weighted by Gasteiger charge is -2.18. The molecule has 0 radical (unpaired) electrons. The molecule has 0 amide bonds. The van der Waals surface area contributed by atoms with E-state index in [1.165, 1.54) is 5.56 Å². The van der Waals surface area contributed by atoms with Gasteiger partial charge in [0.2, 0.25) is 0 Å². The van der Waals surface area contributed by atoms with Crippen molar-refractivity contribution < 1.29 is 0 Å². The lowest BCUT2D eigenvalue weighted by molar-refractivity contribution is 0.748. The summed E-state index contributed by atoms with van der Waals surface area (Å²) in [6, 6.07) is 0. The standard InChI is InChI=1S/C10H14N2OS/c1-6(2)9-8-5-14-4-3-7(8)10(13)12-11-9/h6H,3-5H2,1-2H3,(H,12,13). The van der Waals surface area contributed by atoms with Crippen LogP contribution in [0.1, 0.15) is 36.6 Å². The summed E-state index contributed by atoms with van der Waals surface area (Å²) in [6.07, 6.45) is 0.886. The number of fused-ring (bicyclic) bond motifs is 1. The number of nitrogens with zero attached hydrogens (tertiary/aromatic N) is 1. The maximum Gasteiger partial charge on any atom is 0.267 e. The fourth-order valence-electron chi connectivity index (χ4n) is 1.79. The molecule has 2 heterocycles. The Bertz CT molecular complexity index is 398. The quantitative estimate of drug-likeness (QED) is 0.767. The predicted octanol–water partition coefficient (Wildman–Crippen LogP) is 1.68. The second-order valence-corrected chi connectivity index (χ2v) is 4.96. The van der Waals surface area contributed by atoms with Crippen LogP contribution in [-0.2, 0) is 12.2 Å². The van der Waals surface area contributed by atoms with Gasteiger partial charge < -0.3 is 0 Å². The van der Waals surface area contributed by atoms with Crippen LogP contribution in [0, 0.1) is 0 Å². The second kappa shape index (κ2) is 3.77. The van der Waals surface area contributed by atoms with E-state index in [1.807, 2.05) is 11.8 Å². The maximum absolute atomic E-state index is 11.5. The summed E-state index contributed by atoms with van der Waals surface area (Å²) in [6.45, 7) is 4.22. The van der Waals surface area contributed by atoms with Gasteiger partial charge in [0.15, 0.2) is 0 Å². The Morgan fingerprint density at radius 1 is 1.43 bits per heavy atom. The number of aromatic nitrogens is 2. The van der Waals surface area contributed by atoms with Crippen LogP contribution in [-0.4, -0.2) is 16.0 Å². The molecule has 0 spiro atoms. The van der Waals surface area contributed by atoms with Crippen molar-refractivity contribution in [1.82, 2.24) is 10.2 Å². The van der Waals surface area contributed by atoms with Gasteiger partial charge in [0.1, 0.15) is 0 Å². The van der Waals surface area contributed by atoms with Crippen molar-refractivity contribution in [2.75, 3.05) is 5.75 Å². The summed E-state index contributed by atoms with van der Waals surface area (Å²) >= 11 is 1.89. The molecule has 0 saturated carbocycles. The van der Waals surface area contributed by atoms with Gasteiger partial charge in [-0.2, -0.15) is 16.9 Å². The summed E-state index contributed by atoms with van der Waals surface area (Å²) < 4.78 is 0. The Kier molecular flexibility index (Phi) is 2.63. The molecular formula is C10H14N2OS. The minimum absolute atomic E-state index is 0.00435. The molecule has 14 heavy (non-hydrogen) atoms. The van der Waals surface area contributed by atoms with E-state index in [0.717, 1.165) is 29.2 Å². The van der Waals surface area contributed by atoms with E-state index >= 15 is 0 Å². The van der Waals surface area contributed by atoms with Crippen LogP contribution >= 0.6 is 11.8 Å². The van der Waals surface area contributed by atoms with Crippen molar-refractivity contribution >= 4 is 11.8 Å². The number of nitrogens with one attached hydrogen (secondary N) is 1. The van der Waals surface area contributed by atoms with Gasteiger partial charge in [0.05, 0.1) is 5.69 Å². The largest absolute Gasteiger partial charge is 0.268 e. The average Bonchev–Trinajstić information content (AvgIpc) is 2.18. The SMILES string of the molecule is CC(C)c1n[nH]c(=O)c2c1CSCC2. The molecule has 0 bridgehead atoms. The minimum atomic E-state index is 0.00435. The first kappa shape index (κ1) is 9.77. The zero-order chi connectivity index (χ0) is 10.1. The molecule has 0 aromatic carbocycles. The highest BCUT2D eigenvalue weighted by molar-refractivity contribution is 7.98. The van der Waals surface area contributed by atoms with Crippen LogP contribution < -0.4 is 5.56 Å². The van der Waals surface area contributed by atoms with Crippen molar-refractivity contribution in [3.63, 3.8) is 0 Å². The summed E-state index contributed by atoms with van der Waals surface area (Å²) in [7, 11) is 0. The highest BCUT2D eigenvalue weighted by Crippen LogP contribution is 2.27. The zero-order valence-corrected chi connectivity index (χ0v) is 9.28. The molecule has 0 saturated heterocycles. The van der Waals surface area contributed by atoms with Crippen LogP contribution in [0.4, 0.5) is 0 Å². The van der Waals surface area contributed by atoms with E-state index < -0.39 is 0 Å². The van der Waals surface area contributed by atoms with Crippen molar-refractivity contribution in [2.24, 2.45) is 0 Å². The van der Waals surface area contributed by atoms with Crippen molar-refractivity contribution in [2.45, 2.75) is 31.9 Å². The third-order valence-corrected chi connectivity index (χ3v) is 3.50. The van der Waals surface area contributed by atoms with Crippen molar-refractivity contribution in [1.29, 1.82) is 0 Å². The van der Waals surface area contributed by atoms with E-state index in [9.17, 15) is 4.79 Å². The first-order chi connectivity index (χ1) is 6.70. The number of hydrogen-bond acceptors (Lipinski definition) is 3. The third-order valence-electron chi connectivity index (χ3n) is 2.52. The highest BCUT2D eigenvalue weighted by atomic mass is 32.2. The maximum atomic E-state index is 11.5. The lowest BCUT2D eigenvalue weighted by atomic mass is 10.00. The summed E-state index contributed by atoms with van der Waals surface area (Å²) in [5.74, 6) is 2.39. The Morgan fingerprint density at radius 2 is 2.21 bits per heavy atom. The number of thioether (sulfide) groups is 1. The molecule has 3 nitrogen and oxygen atoms in total. The van der Waals surface area contributed by atoms with Crippen LogP contribution in [0.5, 0.6) is 0 Å². The molecule has 1 N–H and O–H groups in total. The van der Waals surface area contributed by atoms with Gasteiger partial charge in [-0.15, -0.1) is 0 Å². The van der Waals surface area contributed by atoms with Crippen molar-refractivity contribution in [3.8, 4) is 0 Å². The molecule has 0 aliphatic carbocycles. The van der Waals surface area contributed by atoms with E-state index in [-0.39, 0.29) is 5.56 Å². The molecule has 1 aliphatic rings. The fourth-order valence-corrected chi connectivity index (χ4v) is 2.81. The molecule has 2 rings (SSSR count). The fraction of sp³-hybridized carbons (Fsp3) is 0.600. The van der Waals surface area contributed by atoms with Gasteiger partial charge in [-0.3, -0.25) is 4.79 Å². The minimum Gasteiger partial charge on any atom is -0.268 e. The molecule has 1 aromatic rings.